The molecule has 0 aliphatic heterocycles. The van der Waals surface area contributed by atoms with Crippen LogP contribution in [-0.4, -0.2) is 25.7 Å². The summed E-state index contributed by atoms with van der Waals surface area (Å²) in [6, 6.07) is 13.8. The molecule has 0 aliphatic carbocycles. The van der Waals surface area contributed by atoms with Gasteiger partial charge in [-0.15, -0.1) is 11.3 Å². The van der Waals surface area contributed by atoms with Crippen molar-refractivity contribution in [1.29, 1.82) is 0 Å². The molecule has 8 heteroatoms. The molecule has 6 nitrogen and oxygen atoms in total. The van der Waals surface area contributed by atoms with E-state index in [9.17, 15) is 9.18 Å². The van der Waals surface area contributed by atoms with Crippen LogP contribution in [0.5, 0.6) is 0 Å². The van der Waals surface area contributed by atoms with Crippen LogP contribution in [0.4, 0.5) is 10.1 Å². The lowest BCUT2D eigenvalue weighted by molar-refractivity contribution is -0.111. The highest BCUT2D eigenvalue weighted by Gasteiger charge is 2.09. The van der Waals surface area contributed by atoms with Gasteiger partial charge in [0.2, 0.25) is 5.91 Å². The van der Waals surface area contributed by atoms with Crippen molar-refractivity contribution in [2.75, 3.05) is 5.32 Å². The molecular formula is C20H14FN5OS. The molecule has 4 aromatic rings. The number of aromatic nitrogens is 4. The van der Waals surface area contributed by atoms with E-state index in [-0.39, 0.29) is 11.7 Å². The van der Waals surface area contributed by atoms with Crippen LogP contribution in [0.3, 0.4) is 0 Å². The summed E-state index contributed by atoms with van der Waals surface area (Å²) in [5.74, 6) is -0.107. The highest BCUT2D eigenvalue weighted by molar-refractivity contribution is 7.16. The van der Waals surface area contributed by atoms with E-state index in [2.05, 4.69) is 20.4 Å². The standard InChI is InChI=1S/C20H14FN5OS/c21-16-5-2-1-4-15(16)18-9-7-14(28-18)8-10-19(27)25-17-6-3-11-23-20(17)26-13-22-12-24-26/h1-13H,(H,25,27)/b10-8+. The Labute approximate surface area is 164 Å². The third-order valence-electron chi connectivity index (χ3n) is 3.85. The number of carbonyl (C=O) groups is 1. The average molecular weight is 391 g/mol. The van der Waals surface area contributed by atoms with Crippen LogP contribution >= 0.6 is 11.3 Å². The number of halogens is 1. The van der Waals surface area contributed by atoms with Crippen LogP contribution in [0.15, 0.2) is 73.5 Å². The molecule has 4 rings (SSSR count). The van der Waals surface area contributed by atoms with Crippen molar-refractivity contribution in [3.05, 3.63) is 84.2 Å². The highest BCUT2D eigenvalue weighted by Crippen LogP contribution is 2.30. The van der Waals surface area contributed by atoms with Crippen LogP contribution in [0.25, 0.3) is 22.3 Å². The first-order chi connectivity index (χ1) is 13.7. The number of anilines is 1. The molecular weight excluding hydrogens is 377 g/mol. The molecule has 0 bridgehead atoms. The van der Waals surface area contributed by atoms with Crippen LogP contribution in [0, 0.1) is 5.82 Å². The Bertz CT molecular complexity index is 1140. The number of thiophene rings is 1. The van der Waals surface area contributed by atoms with Gasteiger partial charge in [-0.2, -0.15) is 5.10 Å². The molecule has 138 valence electrons. The summed E-state index contributed by atoms with van der Waals surface area (Å²) < 4.78 is 15.4. The fraction of sp³-hybridized carbons (Fsp3) is 0. The van der Waals surface area contributed by atoms with Gasteiger partial charge in [-0.25, -0.2) is 19.0 Å². The van der Waals surface area contributed by atoms with Gasteiger partial charge in [-0.3, -0.25) is 4.79 Å². The number of amides is 1. The van der Waals surface area contributed by atoms with Gasteiger partial charge in [0.1, 0.15) is 18.5 Å². The number of nitrogens with zero attached hydrogens (tertiary/aromatic N) is 4. The SMILES string of the molecule is O=C(/C=C/c1ccc(-c2ccccc2F)s1)Nc1cccnc1-n1cncn1. The maximum absolute atomic E-state index is 13.9. The first kappa shape index (κ1) is 17.7. The van der Waals surface area contributed by atoms with Gasteiger partial charge in [0, 0.05) is 27.6 Å². The number of hydrogen-bond donors (Lipinski definition) is 1. The summed E-state index contributed by atoms with van der Waals surface area (Å²) in [6.45, 7) is 0. The molecule has 0 fully saturated rings. The Morgan fingerprint density at radius 3 is 2.86 bits per heavy atom. The number of benzene rings is 1. The lowest BCUT2D eigenvalue weighted by Crippen LogP contribution is -2.11. The Balaban J connectivity index is 1.48. The zero-order chi connectivity index (χ0) is 19.3. The summed E-state index contributed by atoms with van der Waals surface area (Å²) in [5, 5.41) is 6.82. The second-order valence-corrected chi connectivity index (χ2v) is 6.83. The maximum atomic E-state index is 13.9. The fourth-order valence-electron chi connectivity index (χ4n) is 2.58. The summed E-state index contributed by atoms with van der Waals surface area (Å²) >= 11 is 1.41. The van der Waals surface area contributed by atoms with Gasteiger partial charge >= 0.3 is 0 Å². The first-order valence-electron chi connectivity index (χ1n) is 8.34. The summed E-state index contributed by atoms with van der Waals surface area (Å²) in [5.41, 5.74) is 1.06. The number of nitrogens with one attached hydrogen (secondary N) is 1. The van der Waals surface area contributed by atoms with Crippen molar-refractivity contribution in [3.63, 3.8) is 0 Å². The summed E-state index contributed by atoms with van der Waals surface area (Å²) in [7, 11) is 0. The van der Waals surface area contributed by atoms with E-state index in [0.29, 0.717) is 17.1 Å². The molecule has 1 aromatic carbocycles. The lowest BCUT2D eigenvalue weighted by atomic mass is 10.2. The van der Waals surface area contributed by atoms with E-state index in [4.69, 9.17) is 0 Å². The van der Waals surface area contributed by atoms with Crippen LogP contribution in [0.2, 0.25) is 0 Å². The summed E-state index contributed by atoms with van der Waals surface area (Å²) in [6.07, 6.45) is 7.62. The predicted molar refractivity (Wildman–Crippen MR) is 107 cm³/mol. The molecule has 0 spiro atoms. The zero-order valence-electron chi connectivity index (χ0n) is 14.5. The third-order valence-corrected chi connectivity index (χ3v) is 4.93. The Morgan fingerprint density at radius 2 is 2.04 bits per heavy atom. The number of pyridine rings is 1. The number of hydrogen-bond acceptors (Lipinski definition) is 5. The second-order valence-electron chi connectivity index (χ2n) is 5.72. The van der Waals surface area contributed by atoms with E-state index in [1.807, 2.05) is 12.1 Å². The molecule has 0 unspecified atom stereocenters. The predicted octanol–water partition coefficient (Wildman–Crippen LogP) is 4.18. The molecule has 1 amide bonds. The number of carbonyl (C=O) groups excluding carboxylic acids is 1. The topological polar surface area (TPSA) is 72.7 Å². The minimum Gasteiger partial charge on any atom is -0.319 e. The van der Waals surface area contributed by atoms with Crippen LogP contribution in [-0.2, 0) is 4.79 Å². The van der Waals surface area contributed by atoms with Crippen molar-refractivity contribution < 1.29 is 9.18 Å². The van der Waals surface area contributed by atoms with Crippen molar-refractivity contribution in [2.45, 2.75) is 0 Å². The van der Waals surface area contributed by atoms with Crippen LogP contribution < -0.4 is 5.32 Å². The minimum absolute atomic E-state index is 0.269. The molecule has 0 radical (unpaired) electrons. The van der Waals surface area contributed by atoms with Gasteiger partial charge in [-0.05, 0) is 36.4 Å². The van der Waals surface area contributed by atoms with Gasteiger partial charge in [0.05, 0.1) is 5.69 Å². The second kappa shape index (κ2) is 7.93. The van der Waals surface area contributed by atoms with E-state index in [1.165, 1.54) is 40.8 Å². The highest BCUT2D eigenvalue weighted by atomic mass is 32.1. The van der Waals surface area contributed by atoms with Gasteiger partial charge in [0.25, 0.3) is 0 Å². The third kappa shape index (κ3) is 3.86. The van der Waals surface area contributed by atoms with Crippen molar-refractivity contribution >= 4 is 29.0 Å². The quantitative estimate of drug-likeness (QED) is 0.518. The molecule has 1 N–H and O–H groups in total. The molecule has 28 heavy (non-hydrogen) atoms. The minimum atomic E-state index is -0.310. The van der Waals surface area contributed by atoms with E-state index < -0.39 is 0 Å². The molecule has 0 atom stereocenters. The molecule has 3 aromatic heterocycles. The molecule has 0 saturated heterocycles. The normalized spacial score (nSPS) is 11.0. The Morgan fingerprint density at radius 1 is 1.14 bits per heavy atom. The Hall–Kier alpha value is -3.65. The fourth-order valence-corrected chi connectivity index (χ4v) is 3.51. The smallest absolute Gasteiger partial charge is 0.248 e. The zero-order valence-corrected chi connectivity index (χ0v) is 15.3. The van der Waals surface area contributed by atoms with E-state index >= 15 is 0 Å². The monoisotopic (exact) mass is 391 g/mol. The molecule has 0 aliphatic rings. The first-order valence-corrected chi connectivity index (χ1v) is 9.16. The van der Waals surface area contributed by atoms with Crippen molar-refractivity contribution in [1.82, 2.24) is 19.7 Å². The maximum Gasteiger partial charge on any atom is 0.248 e. The molecule has 0 saturated carbocycles. The van der Waals surface area contributed by atoms with E-state index in [1.54, 1.807) is 42.6 Å². The van der Waals surface area contributed by atoms with Crippen molar-refractivity contribution in [3.8, 4) is 16.3 Å². The van der Waals surface area contributed by atoms with E-state index in [0.717, 1.165) is 9.75 Å². The van der Waals surface area contributed by atoms with Crippen LogP contribution in [0.1, 0.15) is 4.88 Å². The van der Waals surface area contributed by atoms with Gasteiger partial charge in [0.15, 0.2) is 5.82 Å². The number of rotatable bonds is 5. The van der Waals surface area contributed by atoms with Crippen molar-refractivity contribution in [2.24, 2.45) is 0 Å². The van der Waals surface area contributed by atoms with Gasteiger partial charge < -0.3 is 5.32 Å². The Kier molecular flexibility index (Phi) is 5.03. The largest absolute Gasteiger partial charge is 0.319 e. The average Bonchev–Trinajstić information content (AvgIpc) is 3.39. The van der Waals surface area contributed by atoms with Gasteiger partial charge in [-0.1, -0.05) is 18.2 Å². The lowest BCUT2D eigenvalue weighted by Gasteiger charge is -2.07. The summed E-state index contributed by atoms with van der Waals surface area (Å²) in [4.78, 5) is 22.1. The molecule has 3 heterocycles.